The maximum atomic E-state index is 12.2. The second-order valence-electron chi connectivity index (χ2n) is 4.31. The maximum Gasteiger partial charge on any atom is 0.247 e. The van der Waals surface area contributed by atoms with Crippen LogP contribution in [0.3, 0.4) is 0 Å². The van der Waals surface area contributed by atoms with Gasteiger partial charge in [-0.25, -0.2) is 13.6 Å². The van der Waals surface area contributed by atoms with Crippen LogP contribution < -0.4 is 10.5 Å². The van der Waals surface area contributed by atoms with E-state index in [-0.39, 0.29) is 15.5 Å². The number of primary sulfonamides is 1. The standard InChI is InChI=1S/C10H16N2O3S3/c1-3-12-8-4-6(2)17(13)10-7(8)5-9(16-10)18(11,14)15/h5-6,8,12H,3-4H2,1-2H3,(H2,11,14,15)/t6-,8?,17?/m1/s1. The first kappa shape index (κ1) is 14.1. The summed E-state index contributed by atoms with van der Waals surface area (Å²) in [6.07, 6.45) is 0.744. The van der Waals surface area contributed by atoms with E-state index in [1.807, 2.05) is 13.8 Å². The first-order valence-corrected chi connectivity index (χ1v) is 9.22. The average Bonchev–Trinajstić information content (AvgIpc) is 2.70. The largest absolute Gasteiger partial charge is 0.310 e. The molecule has 0 bridgehead atoms. The Kier molecular flexibility index (Phi) is 3.93. The topological polar surface area (TPSA) is 89.3 Å². The van der Waals surface area contributed by atoms with Crippen LogP contribution in [0.25, 0.3) is 0 Å². The molecule has 0 amide bonds. The van der Waals surface area contributed by atoms with Gasteiger partial charge in [-0.05, 0) is 24.6 Å². The second kappa shape index (κ2) is 5.01. The number of hydrogen-bond donors (Lipinski definition) is 2. The number of rotatable bonds is 3. The van der Waals surface area contributed by atoms with Crippen LogP contribution in [-0.4, -0.2) is 24.4 Å². The number of fused-ring (bicyclic) bond motifs is 1. The summed E-state index contributed by atoms with van der Waals surface area (Å²) in [5.41, 5.74) is 0.822. The van der Waals surface area contributed by atoms with Crippen molar-refractivity contribution in [2.45, 2.75) is 40.0 Å². The van der Waals surface area contributed by atoms with Crippen LogP contribution in [-0.2, 0) is 20.8 Å². The molecular weight excluding hydrogens is 292 g/mol. The van der Waals surface area contributed by atoms with E-state index in [0.29, 0.717) is 4.21 Å². The van der Waals surface area contributed by atoms with E-state index in [2.05, 4.69) is 5.32 Å². The molecule has 18 heavy (non-hydrogen) atoms. The third kappa shape index (κ3) is 2.53. The lowest BCUT2D eigenvalue weighted by Crippen LogP contribution is -2.30. The third-order valence-electron chi connectivity index (χ3n) is 2.92. The second-order valence-corrected chi connectivity index (χ2v) is 9.21. The Morgan fingerprint density at radius 1 is 1.61 bits per heavy atom. The van der Waals surface area contributed by atoms with E-state index in [1.165, 1.54) is 0 Å². The van der Waals surface area contributed by atoms with Gasteiger partial charge in [0.2, 0.25) is 10.0 Å². The molecule has 0 radical (unpaired) electrons. The molecule has 1 aromatic rings. The lowest BCUT2D eigenvalue weighted by atomic mass is 10.1. The highest BCUT2D eigenvalue weighted by molar-refractivity contribution is 7.92. The fourth-order valence-corrected chi connectivity index (χ4v) is 6.18. The van der Waals surface area contributed by atoms with Gasteiger partial charge in [0.15, 0.2) is 0 Å². The zero-order valence-corrected chi connectivity index (χ0v) is 12.6. The van der Waals surface area contributed by atoms with Crippen molar-refractivity contribution in [1.82, 2.24) is 5.32 Å². The predicted octanol–water partition coefficient (Wildman–Crippen LogP) is 0.946. The van der Waals surface area contributed by atoms with Gasteiger partial charge in [0, 0.05) is 11.3 Å². The zero-order chi connectivity index (χ0) is 13.5. The first-order valence-electron chi connectivity index (χ1n) is 5.65. The first-order chi connectivity index (χ1) is 8.34. The molecule has 1 aliphatic rings. The normalized spacial score (nSPS) is 28.1. The molecule has 2 heterocycles. The summed E-state index contributed by atoms with van der Waals surface area (Å²) in [5.74, 6) is 0. The maximum absolute atomic E-state index is 12.2. The van der Waals surface area contributed by atoms with E-state index < -0.39 is 20.8 Å². The predicted molar refractivity (Wildman–Crippen MR) is 72.6 cm³/mol. The Labute approximate surface area is 113 Å². The molecule has 0 aliphatic carbocycles. The molecule has 5 nitrogen and oxygen atoms in total. The molecule has 0 saturated heterocycles. The van der Waals surface area contributed by atoms with Crippen molar-refractivity contribution in [3.8, 4) is 0 Å². The molecule has 2 rings (SSSR count). The van der Waals surface area contributed by atoms with Crippen molar-refractivity contribution in [1.29, 1.82) is 0 Å². The van der Waals surface area contributed by atoms with Gasteiger partial charge >= 0.3 is 0 Å². The fraction of sp³-hybridized carbons (Fsp3) is 0.600. The van der Waals surface area contributed by atoms with Crippen molar-refractivity contribution in [3.05, 3.63) is 11.6 Å². The van der Waals surface area contributed by atoms with E-state index >= 15 is 0 Å². The van der Waals surface area contributed by atoms with Crippen molar-refractivity contribution < 1.29 is 12.6 Å². The number of nitrogens with two attached hydrogens (primary N) is 1. The Balaban J connectivity index is 2.52. The van der Waals surface area contributed by atoms with Gasteiger partial charge in [0.05, 0.1) is 15.0 Å². The Hall–Kier alpha value is -0.280. The van der Waals surface area contributed by atoms with E-state index in [0.717, 1.165) is 29.9 Å². The van der Waals surface area contributed by atoms with Crippen LogP contribution in [0, 0.1) is 0 Å². The Bertz CT molecular complexity index is 579. The molecule has 3 N–H and O–H groups in total. The molecule has 8 heteroatoms. The molecule has 3 atom stereocenters. The number of thiophene rings is 1. The van der Waals surface area contributed by atoms with Crippen LogP contribution in [0.5, 0.6) is 0 Å². The summed E-state index contributed by atoms with van der Waals surface area (Å²) >= 11 is 1.03. The zero-order valence-electron chi connectivity index (χ0n) is 10.2. The minimum atomic E-state index is -3.72. The summed E-state index contributed by atoms with van der Waals surface area (Å²) in [4.78, 5) is 0. The van der Waals surface area contributed by atoms with Crippen molar-refractivity contribution in [3.63, 3.8) is 0 Å². The fourth-order valence-electron chi connectivity index (χ4n) is 2.07. The van der Waals surface area contributed by atoms with Crippen LogP contribution in [0.4, 0.5) is 0 Å². The van der Waals surface area contributed by atoms with Crippen LogP contribution in [0.15, 0.2) is 14.5 Å². The third-order valence-corrected chi connectivity index (χ3v) is 7.56. The number of nitrogens with one attached hydrogen (secondary N) is 1. The monoisotopic (exact) mass is 308 g/mol. The molecule has 0 fully saturated rings. The van der Waals surface area contributed by atoms with Gasteiger partial charge < -0.3 is 5.32 Å². The van der Waals surface area contributed by atoms with Gasteiger partial charge in [-0.15, -0.1) is 11.3 Å². The minimum absolute atomic E-state index is 0.0218. The van der Waals surface area contributed by atoms with Gasteiger partial charge in [-0.2, -0.15) is 0 Å². The molecule has 2 unspecified atom stereocenters. The molecule has 0 spiro atoms. The lowest BCUT2D eigenvalue weighted by molar-refractivity contribution is 0.494. The molecule has 102 valence electrons. The van der Waals surface area contributed by atoms with E-state index in [9.17, 15) is 12.6 Å². The van der Waals surface area contributed by atoms with Crippen LogP contribution in [0.2, 0.25) is 0 Å². The number of sulfonamides is 1. The Morgan fingerprint density at radius 2 is 2.28 bits per heavy atom. The molecule has 0 aromatic carbocycles. The van der Waals surface area contributed by atoms with E-state index in [1.54, 1.807) is 6.07 Å². The summed E-state index contributed by atoms with van der Waals surface area (Å²) in [6, 6.07) is 1.62. The highest BCUT2D eigenvalue weighted by atomic mass is 32.3. The summed E-state index contributed by atoms with van der Waals surface area (Å²) in [5, 5.41) is 8.45. The minimum Gasteiger partial charge on any atom is -0.310 e. The highest BCUT2D eigenvalue weighted by Gasteiger charge is 2.33. The lowest BCUT2D eigenvalue weighted by Gasteiger charge is -2.26. The number of hydrogen-bond acceptors (Lipinski definition) is 5. The average molecular weight is 308 g/mol. The quantitative estimate of drug-likeness (QED) is 0.870. The van der Waals surface area contributed by atoms with Crippen molar-refractivity contribution >= 4 is 32.2 Å². The summed E-state index contributed by atoms with van der Waals surface area (Å²) in [6.45, 7) is 4.69. The van der Waals surface area contributed by atoms with Crippen LogP contribution in [0.1, 0.15) is 31.9 Å². The molecular formula is C10H16N2O3S3. The molecule has 1 aromatic heterocycles. The van der Waals surface area contributed by atoms with Gasteiger partial charge in [0.25, 0.3) is 0 Å². The molecule has 0 saturated carbocycles. The summed E-state index contributed by atoms with van der Waals surface area (Å²) < 4.78 is 35.6. The van der Waals surface area contributed by atoms with Gasteiger partial charge in [0.1, 0.15) is 4.21 Å². The molecule has 1 aliphatic heterocycles. The summed E-state index contributed by atoms with van der Waals surface area (Å²) in [7, 11) is -4.86. The van der Waals surface area contributed by atoms with Gasteiger partial charge in [-0.1, -0.05) is 13.8 Å². The van der Waals surface area contributed by atoms with Crippen molar-refractivity contribution in [2.75, 3.05) is 6.54 Å². The smallest absolute Gasteiger partial charge is 0.247 e. The van der Waals surface area contributed by atoms with Gasteiger partial charge in [-0.3, -0.25) is 4.21 Å². The van der Waals surface area contributed by atoms with Crippen LogP contribution >= 0.6 is 11.3 Å². The van der Waals surface area contributed by atoms with E-state index in [4.69, 9.17) is 5.14 Å². The Morgan fingerprint density at radius 3 is 2.83 bits per heavy atom. The highest BCUT2D eigenvalue weighted by Crippen LogP contribution is 2.40. The van der Waals surface area contributed by atoms with Crippen molar-refractivity contribution in [2.24, 2.45) is 5.14 Å². The SMILES string of the molecule is CCNC1C[C@@H](C)S(=O)c2sc(S(N)(=O)=O)cc21.